The molecule has 0 aliphatic heterocycles. The maximum atomic E-state index is 5.82. The summed E-state index contributed by atoms with van der Waals surface area (Å²) >= 11 is 0. The molecule has 17 heavy (non-hydrogen) atoms. The number of hydrogen-bond donors (Lipinski definition) is 1. The molecule has 0 bridgehead atoms. The lowest BCUT2D eigenvalue weighted by Gasteiger charge is -2.17. The highest BCUT2D eigenvalue weighted by Gasteiger charge is 2.05. The largest absolute Gasteiger partial charge is 0.382 e. The Morgan fingerprint density at radius 3 is 2.53 bits per heavy atom. The van der Waals surface area contributed by atoms with E-state index in [1.54, 1.807) is 0 Å². The first-order chi connectivity index (χ1) is 8.22. The third-order valence-corrected chi connectivity index (χ3v) is 2.81. The molecule has 0 saturated heterocycles. The van der Waals surface area contributed by atoms with Crippen LogP contribution in [-0.2, 0) is 4.74 Å². The van der Waals surface area contributed by atoms with Crippen molar-refractivity contribution in [2.24, 2.45) is 5.92 Å². The van der Waals surface area contributed by atoms with Crippen LogP contribution in [0.15, 0.2) is 30.3 Å². The van der Waals surface area contributed by atoms with Gasteiger partial charge in [0.1, 0.15) is 0 Å². The lowest BCUT2D eigenvalue weighted by Crippen LogP contribution is -2.22. The molecule has 1 aromatic carbocycles. The van der Waals surface area contributed by atoms with Gasteiger partial charge < -0.3 is 10.1 Å². The lowest BCUT2D eigenvalue weighted by atomic mass is 10.1. The predicted octanol–water partition coefficient (Wildman–Crippen LogP) is 3.94. The minimum Gasteiger partial charge on any atom is -0.382 e. The molecular weight excluding hydrogens is 210 g/mol. The van der Waals surface area contributed by atoms with E-state index < -0.39 is 0 Å². The first-order valence-electron chi connectivity index (χ1n) is 6.63. The molecular formula is C15H25NO. The van der Waals surface area contributed by atoms with E-state index >= 15 is 0 Å². The Morgan fingerprint density at radius 1 is 1.18 bits per heavy atom. The zero-order valence-electron chi connectivity index (χ0n) is 11.3. The van der Waals surface area contributed by atoms with Gasteiger partial charge in [-0.05, 0) is 31.4 Å². The van der Waals surface area contributed by atoms with Crippen molar-refractivity contribution in [2.75, 3.05) is 18.5 Å². The van der Waals surface area contributed by atoms with Crippen molar-refractivity contribution in [3.8, 4) is 0 Å². The standard InChI is InChI=1S/C15H25NO/c1-4-8-13(2)12-17-14(3)11-16-15-9-6-5-7-10-15/h5-7,9-10,13-14,16H,4,8,11-12H2,1-3H3. The summed E-state index contributed by atoms with van der Waals surface area (Å²) in [6.45, 7) is 8.32. The molecule has 0 spiro atoms. The van der Waals surface area contributed by atoms with Crippen molar-refractivity contribution < 1.29 is 4.74 Å². The third kappa shape index (κ3) is 6.32. The molecule has 0 radical (unpaired) electrons. The van der Waals surface area contributed by atoms with E-state index in [1.807, 2.05) is 18.2 Å². The summed E-state index contributed by atoms with van der Waals surface area (Å²) in [6.07, 6.45) is 2.74. The van der Waals surface area contributed by atoms with Crippen LogP contribution in [-0.4, -0.2) is 19.3 Å². The van der Waals surface area contributed by atoms with Crippen molar-refractivity contribution in [3.63, 3.8) is 0 Å². The second-order valence-corrected chi connectivity index (χ2v) is 4.78. The van der Waals surface area contributed by atoms with Crippen LogP contribution in [0.3, 0.4) is 0 Å². The number of para-hydroxylation sites is 1. The van der Waals surface area contributed by atoms with Crippen LogP contribution in [0.25, 0.3) is 0 Å². The van der Waals surface area contributed by atoms with Gasteiger partial charge in [-0.25, -0.2) is 0 Å². The Bertz CT molecular complexity index is 286. The van der Waals surface area contributed by atoms with Gasteiger partial charge in [0.2, 0.25) is 0 Å². The maximum absolute atomic E-state index is 5.82. The van der Waals surface area contributed by atoms with E-state index in [-0.39, 0.29) is 6.10 Å². The van der Waals surface area contributed by atoms with Crippen LogP contribution < -0.4 is 5.32 Å². The molecule has 2 nitrogen and oxygen atoms in total. The van der Waals surface area contributed by atoms with Gasteiger partial charge in [-0.1, -0.05) is 38.5 Å². The van der Waals surface area contributed by atoms with Crippen LogP contribution in [0.4, 0.5) is 5.69 Å². The molecule has 1 rings (SSSR count). The van der Waals surface area contributed by atoms with Crippen molar-refractivity contribution in [1.82, 2.24) is 0 Å². The fraction of sp³-hybridized carbons (Fsp3) is 0.600. The number of benzene rings is 1. The number of ether oxygens (including phenoxy) is 1. The molecule has 1 aromatic rings. The Balaban J connectivity index is 2.15. The third-order valence-electron chi connectivity index (χ3n) is 2.81. The molecule has 2 atom stereocenters. The second-order valence-electron chi connectivity index (χ2n) is 4.78. The molecule has 2 unspecified atom stereocenters. The Hall–Kier alpha value is -1.02. The number of nitrogens with one attached hydrogen (secondary N) is 1. The topological polar surface area (TPSA) is 21.3 Å². The fourth-order valence-corrected chi connectivity index (χ4v) is 1.78. The van der Waals surface area contributed by atoms with E-state index in [9.17, 15) is 0 Å². The number of hydrogen-bond acceptors (Lipinski definition) is 2. The zero-order valence-corrected chi connectivity index (χ0v) is 11.3. The van der Waals surface area contributed by atoms with Gasteiger partial charge in [-0.2, -0.15) is 0 Å². The van der Waals surface area contributed by atoms with Crippen LogP contribution in [0.2, 0.25) is 0 Å². The predicted molar refractivity (Wildman–Crippen MR) is 74.4 cm³/mol. The normalized spacial score (nSPS) is 14.3. The van der Waals surface area contributed by atoms with Crippen LogP contribution >= 0.6 is 0 Å². The van der Waals surface area contributed by atoms with E-state index in [1.165, 1.54) is 12.8 Å². The van der Waals surface area contributed by atoms with Gasteiger partial charge in [-0.3, -0.25) is 0 Å². The summed E-state index contributed by atoms with van der Waals surface area (Å²) in [7, 11) is 0. The van der Waals surface area contributed by atoms with E-state index in [0.717, 1.165) is 18.8 Å². The Kier molecular flexibility index (Phi) is 6.71. The average Bonchev–Trinajstić information content (AvgIpc) is 2.35. The highest BCUT2D eigenvalue weighted by molar-refractivity contribution is 5.42. The first kappa shape index (κ1) is 14.0. The molecule has 0 saturated carbocycles. The van der Waals surface area contributed by atoms with Gasteiger partial charge in [0, 0.05) is 18.8 Å². The van der Waals surface area contributed by atoms with E-state index in [0.29, 0.717) is 5.92 Å². The van der Waals surface area contributed by atoms with Crippen LogP contribution in [0.5, 0.6) is 0 Å². The fourth-order valence-electron chi connectivity index (χ4n) is 1.78. The molecule has 1 N–H and O–H groups in total. The van der Waals surface area contributed by atoms with E-state index in [2.05, 4.69) is 38.2 Å². The van der Waals surface area contributed by atoms with Crippen molar-refractivity contribution in [2.45, 2.75) is 39.7 Å². The summed E-state index contributed by atoms with van der Waals surface area (Å²) in [5.41, 5.74) is 1.16. The van der Waals surface area contributed by atoms with Gasteiger partial charge >= 0.3 is 0 Å². The monoisotopic (exact) mass is 235 g/mol. The highest BCUT2D eigenvalue weighted by Crippen LogP contribution is 2.08. The zero-order chi connectivity index (χ0) is 12.5. The maximum Gasteiger partial charge on any atom is 0.0719 e. The summed E-state index contributed by atoms with van der Waals surface area (Å²) < 4.78 is 5.82. The molecule has 0 aromatic heterocycles. The Labute approximate surface area is 105 Å². The molecule has 0 amide bonds. The molecule has 96 valence electrons. The highest BCUT2D eigenvalue weighted by atomic mass is 16.5. The molecule has 0 fully saturated rings. The molecule has 0 aliphatic rings. The molecule has 0 aliphatic carbocycles. The van der Waals surface area contributed by atoms with Gasteiger partial charge in [0.05, 0.1) is 6.10 Å². The van der Waals surface area contributed by atoms with Gasteiger partial charge in [0.25, 0.3) is 0 Å². The first-order valence-corrected chi connectivity index (χ1v) is 6.63. The Morgan fingerprint density at radius 2 is 1.88 bits per heavy atom. The molecule has 2 heteroatoms. The summed E-state index contributed by atoms with van der Waals surface area (Å²) in [6, 6.07) is 10.3. The lowest BCUT2D eigenvalue weighted by molar-refractivity contribution is 0.0497. The smallest absolute Gasteiger partial charge is 0.0719 e. The van der Waals surface area contributed by atoms with Crippen molar-refractivity contribution >= 4 is 5.69 Å². The number of rotatable bonds is 8. The quantitative estimate of drug-likeness (QED) is 0.737. The summed E-state index contributed by atoms with van der Waals surface area (Å²) in [5.74, 6) is 0.666. The minimum atomic E-state index is 0.259. The summed E-state index contributed by atoms with van der Waals surface area (Å²) in [5, 5.41) is 3.38. The van der Waals surface area contributed by atoms with Crippen molar-refractivity contribution in [1.29, 1.82) is 0 Å². The molecule has 0 heterocycles. The average molecular weight is 235 g/mol. The van der Waals surface area contributed by atoms with Crippen LogP contribution in [0, 0.1) is 5.92 Å². The number of anilines is 1. The SMILES string of the molecule is CCCC(C)COC(C)CNc1ccccc1. The minimum absolute atomic E-state index is 0.259. The summed E-state index contributed by atoms with van der Waals surface area (Å²) in [4.78, 5) is 0. The van der Waals surface area contributed by atoms with E-state index in [4.69, 9.17) is 4.74 Å². The van der Waals surface area contributed by atoms with Crippen LogP contribution in [0.1, 0.15) is 33.6 Å². The van der Waals surface area contributed by atoms with Crippen molar-refractivity contribution in [3.05, 3.63) is 30.3 Å². The van der Waals surface area contributed by atoms with Gasteiger partial charge in [-0.15, -0.1) is 0 Å². The van der Waals surface area contributed by atoms with Gasteiger partial charge in [0.15, 0.2) is 0 Å². The second kappa shape index (κ2) is 8.13.